The molecular weight excluding hydrogens is 849 g/mol. The Balaban J connectivity index is 0.000000158. The van der Waals surface area contributed by atoms with E-state index in [0.29, 0.717) is 34.4 Å². The summed E-state index contributed by atoms with van der Waals surface area (Å²) in [5.41, 5.74) is 11.6. The number of benzene rings is 2. The fourth-order valence-corrected chi connectivity index (χ4v) is 9.15. The number of hydrogen-bond acceptors (Lipinski definition) is 10. The molecule has 2 aliphatic heterocycles. The van der Waals surface area contributed by atoms with Gasteiger partial charge in [-0.3, -0.25) is 19.9 Å². The molecule has 0 spiro atoms. The van der Waals surface area contributed by atoms with E-state index in [2.05, 4.69) is 81.4 Å². The van der Waals surface area contributed by atoms with Gasteiger partial charge in [0.25, 0.3) is 0 Å². The van der Waals surface area contributed by atoms with Crippen LogP contribution in [0.25, 0.3) is 44.6 Å². The highest BCUT2D eigenvalue weighted by atomic mass is 79.9. The van der Waals surface area contributed by atoms with Crippen molar-refractivity contribution in [3.05, 3.63) is 148 Å². The number of pyridine rings is 6. The second kappa shape index (κ2) is 15.6. The largest absolute Gasteiger partial charge is 0.490 e. The summed E-state index contributed by atoms with van der Waals surface area (Å²) in [4.78, 5) is 32.2. The third-order valence-corrected chi connectivity index (χ3v) is 12.1. The van der Waals surface area contributed by atoms with Crippen LogP contribution in [-0.4, -0.2) is 60.2 Å². The summed E-state index contributed by atoms with van der Waals surface area (Å²) in [6, 6.07) is 24.6. The highest BCUT2D eigenvalue weighted by Gasteiger charge is 2.41. The predicted molar refractivity (Wildman–Crippen MR) is 245 cm³/mol. The standard InChI is InChI=1S/C24H22BFN4O2.C24H20BrFN4/c1-14-21(18-6-4-5-9-27-18)29-19-11-16(26)7-8-17(19)22(14)30-13-24(2,3)23-20(30)10-15(12-28-23)25(31)32;1-14-21(18-6-4-5-9-27-18)29-19-11-16(26)7-8-17(19)22(14)30-13-24(2,3)23-20(30)10-15(25)12-28-23/h4-12,31-32H,13H2,1-3H3;4-12H,13H2,1-3H3. The van der Waals surface area contributed by atoms with Gasteiger partial charge in [-0.15, -0.1) is 0 Å². The molecule has 0 atom stereocenters. The average Bonchev–Trinajstić information content (AvgIpc) is 3.67. The molecule has 0 amide bonds. The third kappa shape index (κ3) is 7.25. The first-order valence-corrected chi connectivity index (χ1v) is 21.0. The first kappa shape index (κ1) is 41.2. The van der Waals surface area contributed by atoms with Gasteiger partial charge in [0.15, 0.2) is 0 Å². The zero-order chi connectivity index (χ0) is 43.7. The van der Waals surface area contributed by atoms with Crippen LogP contribution in [0, 0.1) is 25.5 Å². The highest BCUT2D eigenvalue weighted by Crippen LogP contribution is 2.49. The molecule has 10 rings (SSSR count). The van der Waals surface area contributed by atoms with Crippen molar-refractivity contribution in [2.75, 3.05) is 22.9 Å². The normalized spacial score (nSPS) is 14.8. The molecule has 0 fully saturated rings. The van der Waals surface area contributed by atoms with Crippen LogP contribution >= 0.6 is 15.9 Å². The maximum Gasteiger partial charge on any atom is 0.490 e. The molecule has 8 heterocycles. The van der Waals surface area contributed by atoms with Crippen molar-refractivity contribution in [1.82, 2.24) is 29.9 Å². The van der Waals surface area contributed by atoms with E-state index in [1.54, 1.807) is 24.5 Å². The zero-order valence-corrected chi connectivity index (χ0v) is 36.6. The molecule has 0 saturated heterocycles. The predicted octanol–water partition coefficient (Wildman–Crippen LogP) is 9.58. The first-order chi connectivity index (χ1) is 29.6. The molecule has 8 aromatic rings. The van der Waals surface area contributed by atoms with Crippen LogP contribution in [0.15, 0.2) is 114 Å². The number of halogens is 3. The lowest BCUT2D eigenvalue weighted by Crippen LogP contribution is -2.31. The molecule has 2 aromatic carbocycles. The number of anilines is 4. The van der Waals surface area contributed by atoms with Gasteiger partial charge in [-0.25, -0.2) is 18.7 Å². The average molecular weight is 892 g/mol. The van der Waals surface area contributed by atoms with Gasteiger partial charge in [0.1, 0.15) is 11.6 Å². The van der Waals surface area contributed by atoms with Gasteiger partial charge in [0, 0.05) is 92.7 Å². The minimum atomic E-state index is -1.62. The maximum atomic E-state index is 14.1. The minimum absolute atomic E-state index is 0.122. The smallest absolute Gasteiger partial charge is 0.423 e. The second-order valence-electron chi connectivity index (χ2n) is 17.1. The number of fused-ring (bicyclic) bond motifs is 4. The SMILES string of the molecule is Cc1c(-c2ccccn2)nc2cc(F)ccc2c1N1CC(C)(C)c2ncc(B(O)O)cc21.Cc1c(-c2ccccn2)nc2cc(F)ccc2c1N1CC(C)(C)c2ncc(Br)cc21. The van der Waals surface area contributed by atoms with E-state index in [-0.39, 0.29) is 22.5 Å². The van der Waals surface area contributed by atoms with Crippen molar-refractivity contribution in [2.45, 2.75) is 52.4 Å². The van der Waals surface area contributed by atoms with Crippen molar-refractivity contribution >= 4 is 73.1 Å². The summed E-state index contributed by atoms with van der Waals surface area (Å²) in [6.45, 7) is 14.0. The molecule has 2 aliphatic rings. The lowest BCUT2D eigenvalue weighted by Gasteiger charge is -2.26. The first-order valence-electron chi connectivity index (χ1n) is 20.2. The van der Waals surface area contributed by atoms with E-state index >= 15 is 0 Å². The molecule has 62 heavy (non-hydrogen) atoms. The van der Waals surface area contributed by atoms with Crippen LogP contribution in [0.4, 0.5) is 31.5 Å². The van der Waals surface area contributed by atoms with Gasteiger partial charge in [-0.05, 0) is 90.4 Å². The molecule has 0 radical (unpaired) electrons. The Kier molecular flexibility index (Phi) is 10.4. The van der Waals surface area contributed by atoms with Crippen molar-refractivity contribution in [3.63, 3.8) is 0 Å². The van der Waals surface area contributed by atoms with Gasteiger partial charge in [-0.2, -0.15) is 0 Å². The molecule has 6 aromatic heterocycles. The highest BCUT2D eigenvalue weighted by molar-refractivity contribution is 9.10. The summed E-state index contributed by atoms with van der Waals surface area (Å²) in [5, 5.41) is 21.2. The van der Waals surface area contributed by atoms with Crippen LogP contribution in [0.1, 0.15) is 50.2 Å². The van der Waals surface area contributed by atoms with Crippen LogP contribution in [0.3, 0.4) is 0 Å². The van der Waals surface area contributed by atoms with Crippen molar-refractivity contribution in [1.29, 1.82) is 0 Å². The van der Waals surface area contributed by atoms with Gasteiger partial charge in [0.05, 0.1) is 67.9 Å². The molecule has 10 nitrogen and oxygen atoms in total. The monoisotopic (exact) mass is 890 g/mol. The molecule has 310 valence electrons. The fourth-order valence-electron chi connectivity index (χ4n) is 8.83. The summed E-state index contributed by atoms with van der Waals surface area (Å²) in [7, 11) is -1.62. The zero-order valence-electron chi connectivity index (χ0n) is 35.0. The van der Waals surface area contributed by atoms with E-state index in [1.807, 2.05) is 55.6 Å². The Labute approximate surface area is 366 Å². The van der Waals surface area contributed by atoms with Crippen molar-refractivity contribution in [2.24, 2.45) is 0 Å². The Morgan fingerprint density at radius 2 is 1.08 bits per heavy atom. The Morgan fingerprint density at radius 3 is 1.53 bits per heavy atom. The van der Waals surface area contributed by atoms with Gasteiger partial charge in [0.2, 0.25) is 0 Å². The Hall–Kier alpha value is -6.22. The van der Waals surface area contributed by atoms with E-state index < -0.39 is 7.12 Å². The van der Waals surface area contributed by atoms with E-state index in [4.69, 9.17) is 15.0 Å². The number of aromatic nitrogens is 6. The lowest BCUT2D eigenvalue weighted by atomic mass is 9.80. The van der Waals surface area contributed by atoms with Crippen LogP contribution in [-0.2, 0) is 10.8 Å². The van der Waals surface area contributed by atoms with E-state index in [1.165, 1.54) is 30.5 Å². The summed E-state index contributed by atoms with van der Waals surface area (Å²) in [5.74, 6) is -0.662. The molecule has 0 aliphatic carbocycles. The Morgan fingerprint density at radius 1 is 0.613 bits per heavy atom. The number of rotatable bonds is 5. The van der Waals surface area contributed by atoms with Crippen LogP contribution in [0.2, 0.25) is 0 Å². The van der Waals surface area contributed by atoms with Crippen LogP contribution in [0.5, 0.6) is 0 Å². The number of hydrogen-bond donors (Lipinski definition) is 2. The molecule has 0 saturated carbocycles. The second-order valence-corrected chi connectivity index (χ2v) is 18.0. The minimum Gasteiger partial charge on any atom is -0.423 e. The quantitative estimate of drug-likeness (QED) is 0.162. The molecule has 14 heteroatoms. The lowest BCUT2D eigenvalue weighted by molar-refractivity contribution is 0.425. The van der Waals surface area contributed by atoms with Crippen molar-refractivity contribution in [3.8, 4) is 22.8 Å². The Bertz CT molecular complexity index is 3050. The topological polar surface area (TPSA) is 124 Å². The molecule has 2 N–H and O–H groups in total. The third-order valence-electron chi connectivity index (χ3n) is 11.7. The van der Waals surface area contributed by atoms with E-state index in [0.717, 1.165) is 78.4 Å². The van der Waals surface area contributed by atoms with E-state index in [9.17, 15) is 18.8 Å². The van der Waals surface area contributed by atoms with Gasteiger partial charge >= 0.3 is 7.12 Å². The van der Waals surface area contributed by atoms with Crippen molar-refractivity contribution < 1.29 is 18.8 Å². The molecule has 0 unspecified atom stereocenters. The summed E-state index contributed by atoms with van der Waals surface area (Å²) < 4.78 is 29.2. The fraction of sp³-hybridized carbons (Fsp3) is 0.208. The van der Waals surface area contributed by atoms with Gasteiger partial charge in [-0.1, -0.05) is 39.8 Å². The maximum absolute atomic E-state index is 14.1. The van der Waals surface area contributed by atoms with Gasteiger partial charge < -0.3 is 19.8 Å². The summed E-state index contributed by atoms with van der Waals surface area (Å²) >= 11 is 3.57. The number of nitrogens with zero attached hydrogens (tertiary/aromatic N) is 8. The molecular formula is C48H42BBrF2N8O2. The summed E-state index contributed by atoms with van der Waals surface area (Å²) in [6.07, 6.45) is 6.80. The van der Waals surface area contributed by atoms with Crippen LogP contribution < -0.4 is 15.3 Å². The molecule has 0 bridgehead atoms.